The molecule has 0 amide bonds. The van der Waals surface area contributed by atoms with E-state index in [9.17, 15) is 9.90 Å². The zero-order valence-electron chi connectivity index (χ0n) is 7.68. The zero-order valence-corrected chi connectivity index (χ0v) is 7.68. The van der Waals surface area contributed by atoms with Gasteiger partial charge in [-0.05, 0) is 12.8 Å². The van der Waals surface area contributed by atoms with Gasteiger partial charge in [-0.2, -0.15) is 0 Å². The van der Waals surface area contributed by atoms with Crippen LogP contribution in [0.4, 0.5) is 0 Å². The Balaban J connectivity index is 3.92. The van der Waals surface area contributed by atoms with Crippen LogP contribution in [0, 0.1) is 5.41 Å². The number of aliphatic hydroxyl groups excluding tert-OH is 1. The monoisotopic (exact) mass is 204 g/mol. The molecule has 0 aliphatic heterocycles. The van der Waals surface area contributed by atoms with Crippen LogP contribution in [-0.4, -0.2) is 40.2 Å². The van der Waals surface area contributed by atoms with Gasteiger partial charge in [-0.25, -0.2) is 0 Å². The van der Waals surface area contributed by atoms with E-state index in [2.05, 4.69) is 0 Å². The van der Waals surface area contributed by atoms with Gasteiger partial charge in [-0.1, -0.05) is 0 Å². The average molecular weight is 204 g/mol. The van der Waals surface area contributed by atoms with Crippen LogP contribution < -0.4 is 17.2 Å². The first-order valence-corrected chi connectivity index (χ1v) is 4.10. The minimum Gasteiger partial charge on any atom is -0.480 e. The van der Waals surface area contributed by atoms with E-state index < -0.39 is 24.2 Å². The van der Waals surface area contributed by atoms with Gasteiger partial charge in [0.25, 0.3) is 0 Å². The van der Waals surface area contributed by atoms with Crippen LogP contribution in [0.3, 0.4) is 0 Å². The second-order valence-electron chi connectivity index (χ2n) is 3.13. The van der Waals surface area contributed by atoms with Crippen molar-refractivity contribution < 1.29 is 15.0 Å². The Bertz CT molecular complexity index is 199. The molecule has 3 atom stereocenters. The molecule has 7 heteroatoms. The van der Waals surface area contributed by atoms with Crippen LogP contribution in [0.5, 0.6) is 0 Å². The van der Waals surface area contributed by atoms with Crippen LogP contribution in [0.15, 0.2) is 0 Å². The molecule has 0 fully saturated rings. The minimum atomic E-state index is -1.18. The van der Waals surface area contributed by atoms with E-state index in [0.717, 1.165) is 0 Å². The molecule has 0 radical (unpaired) electrons. The first kappa shape index (κ1) is 12.8. The second-order valence-corrected chi connectivity index (χ2v) is 3.13. The predicted molar refractivity (Wildman–Crippen MR) is 50.7 cm³/mol. The van der Waals surface area contributed by atoms with Gasteiger partial charge in [0.05, 0.1) is 12.1 Å². The standard InChI is InChI=1S/C7H16N4O3/c8-4(6(10)11)1-3(12)2-5(9)7(13)14/h3-5,12H,1-2,8-9H2,(H3,10,11)(H,13,14)/t3?,4?,5-/m0/s1. The molecule has 0 aliphatic carbocycles. The number of aliphatic hydroxyl groups is 1. The van der Waals surface area contributed by atoms with Gasteiger partial charge in [-0.3, -0.25) is 10.2 Å². The first-order valence-electron chi connectivity index (χ1n) is 4.10. The third-order valence-corrected chi connectivity index (χ3v) is 1.77. The van der Waals surface area contributed by atoms with Gasteiger partial charge in [0.2, 0.25) is 0 Å². The Morgan fingerprint density at radius 2 is 1.71 bits per heavy atom. The van der Waals surface area contributed by atoms with Crippen molar-refractivity contribution in [3.05, 3.63) is 0 Å². The minimum absolute atomic E-state index is 0.0380. The molecule has 0 aromatic rings. The summed E-state index contributed by atoms with van der Waals surface area (Å²) in [5.41, 5.74) is 15.6. The highest BCUT2D eigenvalue weighted by molar-refractivity contribution is 5.82. The van der Waals surface area contributed by atoms with Gasteiger partial charge >= 0.3 is 5.97 Å². The number of carbonyl (C=O) groups is 1. The lowest BCUT2D eigenvalue weighted by atomic mass is 10.0. The number of hydrogen-bond donors (Lipinski definition) is 6. The smallest absolute Gasteiger partial charge is 0.320 e. The Morgan fingerprint density at radius 3 is 2.07 bits per heavy atom. The molecule has 0 aromatic heterocycles. The predicted octanol–water partition coefficient (Wildman–Crippen LogP) is -2.20. The molecule has 14 heavy (non-hydrogen) atoms. The van der Waals surface area contributed by atoms with Crippen molar-refractivity contribution in [3.63, 3.8) is 0 Å². The van der Waals surface area contributed by atoms with Crippen molar-refractivity contribution >= 4 is 11.8 Å². The molecule has 0 aromatic carbocycles. The molecule has 0 saturated carbocycles. The fraction of sp³-hybridized carbons (Fsp3) is 0.714. The van der Waals surface area contributed by atoms with E-state index >= 15 is 0 Å². The average Bonchev–Trinajstić information content (AvgIpc) is 2.03. The Labute approximate surface area is 81.4 Å². The number of hydrogen-bond acceptors (Lipinski definition) is 5. The second kappa shape index (κ2) is 5.53. The van der Waals surface area contributed by atoms with Crippen LogP contribution in [0.2, 0.25) is 0 Å². The quantitative estimate of drug-likeness (QED) is 0.213. The topological polar surface area (TPSA) is 159 Å². The Hall–Kier alpha value is -1.18. The van der Waals surface area contributed by atoms with Crippen molar-refractivity contribution in [1.29, 1.82) is 5.41 Å². The molecule has 82 valence electrons. The molecule has 0 heterocycles. The molecule has 9 N–H and O–H groups in total. The fourth-order valence-electron chi connectivity index (χ4n) is 0.910. The van der Waals surface area contributed by atoms with E-state index in [-0.39, 0.29) is 18.7 Å². The van der Waals surface area contributed by atoms with Crippen molar-refractivity contribution in [2.75, 3.05) is 0 Å². The molecule has 0 rings (SSSR count). The van der Waals surface area contributed by atoms with Crippen molar-refractivity contribution in [1.82, 2.24) is 0 Å². The molecule has 7 nitrogen and oxygen atoms in total. The normalized spacial score (nSPS) is 17.1. The van der Waals surface area contributed by atoms with Gasteiger partial charge < -0.3 is 27.4 Å². The molecule has 0 saturated heterocycles. The van der Waals surface area contributed by atoms with Crippen LogP contribution >= 0.6 is 0 Å². The highest BCUT2D eigenvalue weighted by Gasteiger charge is 2.19. The Morgan fingerprint density at radius 1 is 1.29 bits per heavy atom. The van der Waals surface area contributed by atoms with E-state index in [1.807, 2.05) is 0 Å². The number of amidine groups is 1. The highest BCUT2D eigenvalue weighted by Crippen LogP contribution is 2.03. The van der Waals surface area contributed by atoms with Gasteiger partial charge in [0.15, 0.2) is 0 Å². The maximum atomic E-state index is 10.3. The summed E-state index contributed by atoms with van der Waals surface area (Å²) in [4.78, 5) is 10.3. The molecular weight excluding hydrogens is 188 g/mol. The molecule has 0 aliphatic rings. The maximum Gasteiger partial charge on any atom is 0.320 e. The van der Waals surface area contributed by atoms with E-state index in [4.69, 9.17) is 27.7 Å². The van der Waals surface area contributed by atoms with Crippen molar-refractivity contribution in [2.24, 2.45) is 17.2 Å². The summed E-state index contributed by atoms with van der Waals surface area (Å²) < 4.78 is 0. The number of nitrogens with one attached hydrogen (secondary N) is 1. The van der Waals surface area contributed by atoms with Crippen LogP contribution in [0.1, 0.15) is 12.8 Å². The number of aliphatic carboxylic acids is 1. The van der Waals surface area contributed by atoms with Gasteiger partial charge in [0, 0.05) is 0 Å². The van der Waals surface area contributed by atoms with Crippen molar-refractivity contribution in [2.45, 2.75) is 31.0 Å². The highest BCUT2D eigenvalue weighted by atomic mass is 16.4. The Kier molecular flexibility index (Phi) is 5.06. The lowest BCUT2D eigenvalue weighted by molar-refractivity contribution is -0.139. The first-order chi connectivity index (χ1) is 6.34. The number of rotatable bonds is 6. The van der Waals surface area contributed by atoms with E-state index in [0.29, 0.717) is 0 Å². The summed E-state index contributed by atoms with van der Waals surface area (Å²) >= 11 is 0. The molecule has 0 spiro atoms. The van der Waals surface area contributed by atoms with Gasteiger partial charge in [0.1, 0.15) is 11.9 Å². The summed E-state index contributed by atoms with van der Waals surface area (Å²) in [6.45, 7) is 0. The zero-order chi connectivity index (χ0) is 11.3. The summed E-state index contributed by atoms with van der Waals surface area (Å²) in [6.07, 6.45) is -1.02. The lowest BCUT2D eigenvalue weighted by Crippen LogP contribution is -2.41. The molecular formula is C7H16N4O3. The fourth-order valence-corrected chi connectivity index (χ4v) is 0.910. The largest absolute Gasteiger partial charge is 0.480 e. The van der Waals surface area contributed by atoms with Gasteiger partial charge in [-0.15, -0.1) is 0 Å². The third kappa shape index (κ3) is 4.75. The SMILES string of the molecule is N=C(N)C(N)CC(O)C[C@H](N)C(=O)O. The summed E-state index contributed by atoms with van der Waals surface area (Å²) in [5.74, 6) is -1.42. The van der Waals surface area contributed by atoms with Crippen LogP contribution in [0.25, 0.3) is 0 Å². The van der Waals surface area contributed by atoms with E-state index in [1.54, 1.807) is 0 Å². The number of carboxylic acids is 1. The number of carboxylic acid groups (broad SMARTS) is 1. The summed E-state index contributed by atoms with van der Waals surface area (Å²) in [7, 11) is 0. The maximum absolute atomic E-state index is 10.3. The summed E-state index contributed by atoms with van der Waals surface area (Å²) in [6, 6.07) is -1.88. The third-order valence-electron chi connectivity index (χ3n) is 1.77. The molecule has 0 bridgehead atoms. The van der Waals surface area contributed by atoms with E-state index in [1.165, 1.54) is 0 Å². The molecule has 2 unspecified atom stereocenters. The number of nitrogens with two attached hydrogens (primary N) is 3. The lowest BCUT2D eigenvalue weighted by Gasteiger charge is -2.16. The summed E-state index contributed by atoms with van der Waals surface area (Å²) in [5, 5.41) is 24.7. The van der Waals surface area contributed by atoms with Crippen molar-refractivity contribution in [3.8, 4) is 0 Å². The van der Waals surface area contributed by atoms with Crippen LogP contribution in [-0.2, 0) is 4.79 Å².